The third-order valence-electron chi connectivity index (χ3n) is 10.1. The molecule has 5 unspecified atom stereocenters. The largest absolute Gasteiger partial charge is 0.493 e. The zero-order valence-corrected chi connectivity index (χ0v) is 28.9. The number of methoxy groups -OCH3 is 4. The molecule has 0 amide bonds. The molecule has 6 rings (SSSR count). The molecular weight excluding hydrogens is 696 g/mol. The molecule has 4 saturated heterocycles. The van der Waals surface area contributed by atoms with E-state index >= 15 is 0 Å². The summed E-state index contributed by atoms with van der Waals surface area (Å²) < 4.78 is 58.0. The molecule has 290 valence electrons. The number of benzene rings is 2. The van der Waals surface area contributed by atoms with Crippen molar-refractivity contribution in [1.82, 2.24) is 0 Å². The Morgan fingerprint density at radius 1 is 0.519 bits per heavy atom. The fraction of sp³-hybridized carbons (Fsp3) is 0.647. The van der Waals surface area contributed by atoms with Gasteiger partial charge >= 0.3 is 0 Å². The molecule has 0 spiro atoms. The number of ether oxygens (including phenoxy) is 10. The fourth-order valence-corrected chi connectivity index (χ4v) is 7.16. The standard InChI is InChI=1S/C34H46O18/c1-43-17-5-13(6-18(44-2)31(17)51-33-27(41)25(39)23(37)21(9-35)49-33)29-15-11-48-30(16(15)12-47-29)14-7-19(45-3)32(20(8-14)46-4)52-34-28(42)26(40)24(38)22(10-36)50-34/h5-8,15-16,21-30,33-42H,9-12H2,1-4H3/t15?,16?,21-,22-,23-,24-,25+,26?,27-,28-,29?,30?,33+,34+/m1/s1. The van der Waals surface area contributed by atoms with E-state index in [0.29, 0.717) is 24.3 Å². The highest BCUT2D eigenvalue weighted by atomic mass is 16.7. The number of aliphatic hydroxyl groups excluding tert-OH is 8. The van der Waals surface area contributed by atoms with Gasteiger partial charge in [-0.2, -0.15) is 0 Å². The Balaban J connectivity index is 1.22. The molecule has 0 saturated carbocycles. The predicted molar refractivity (Wildman–Crippen MR) is 172 cm³/mol. The lowest BCUT2D eigenvalue weighted by Crippen LogP contribution is -2.60. The first-order valence-electron chi connectivity index (χ1n) is 16.7. The highest BCUT2D eigenvalue weighted by molar-refractivity contribution is 5.56. The van der Waals surface area contributed by atoms with Gasteiger partial charge in [0.25, 0.3) is 0 Å². The molecule has 2 aromatic carbocycles. The highest BCUT2D eigenvalue weighted by Gasteiger charge is 2.50. The topological polar surface area (TPSA) is 254 Å². The summed E-state index contributed by atoms with van der Waals surface area (Å²) >= 11 is 0. The van der Waals surface area contributed by atoms with Crippen molar-refractivity contribution < 1.29 is 88.2 Å². The minimum absolute atomic E-state index is 0.0541. The molecule has 52 heavy (non-hydrogen) atoms. The van der Waals surface area contributed by atoms with Crippen LogP contribution in [0, 0.1) is 11.8 Å². The number of rotatable bonds is 12. The average Bonchev–Trinajstić information content (AvgIpc) is 3.78. The van der Waals surface area contributed by atoms with Crippen LogP contribution in [0.3, 0.4) is 0 Å². The zero-order valence-electron chi connectivity index (χ0n) is 28.9. The molecule has 0 aromatic heterocycles. The second kappa shape index (κ2) is 16.0. The van der Waals surface area contributed by atoms with E-state index in [1.807, 2.05) is 0 Å². The maximum Gasteiger partial charge on any atom is 0.229 e. The van der Waals surface area contributed by atoms with Crippen LogP contribution >= 0.6 is 0 Å². The summed E-state index contributed by atoms with van der Waals surface area (Å²) in [4.78, 5) is 0. The van der Waals surface area contributed by atoms with E-state index in [4.69, 9.17) is 47.4 Å². The molecule has 0 radical (unpaired) electrons. The van der Waals surface area contributed by atoms with E-state index < -0.39 is 86.8 Å². The van der Waals surface area contributed by atoms with Crippen molar-refractivity contribution in [3.8, 4) is 34.5 Å². The molecule has 0 aliphatic carbocycles. The van der Waals surface area contributed by atoms with Crippen molar-refractivity contribution >= 4 is 0 Å². The Bertz CT molecular complexity index is 1360. The number of fused-ring (bicyclic) bond motifs is 1. The summed E-state index contributed by atoms with van der Waals surface area (Å²) in [7, 11) is 5.66. The zero-order chi connectivity index (χ0) is 37.4. The smallest absolute Gasteiger partial charge is 0.229 e. The minimum atomic E-state index is -1.65. The first kappa shape index (κ1) is 38.5. The molecule has 0 bridgehead atoms. The monoisotopic (exact) mass is 742 g/mol. The lowest BCUT2D eigenvalue weighted by molar-refractivity contribution is -0.277. The van der Waals surface area contributed by atoms with Crippen LogP contribution in [0.1, 0.15) is 23.3 Å². The number of aliphatic hydroxyl groups is 8. The minimum Gasteiger partial charge on any atom is -0.493 e. The van der Waals surface area contributed by atoms with E-state index in [2.05, 4.69) is 0 Å². The third kappa shape index (κ3) is 6.94. The molecule has 4 aliphatic heterocycles. The lowest BCUT2D eigenvalue weighted by atomic mass is 9.84. The molecule has 4 heterocycles. The van der Waals surface area contributed by atoms with Gasteiger partial charge in [-0.25, -0.2) is 0 Å². The van der Waals surface area contributed by atoms with Gasteiger partial charge in [-0.05, 0) is 35.4 Å². The van der Waals surface area contributed by atoms with Crippen LogP contribution in [0.4, 0.5) is 0 Å². The van der Waals surface area contributed by atoms with Crippen molar-refractivity contribution in [3.05, 3.63) is 35.4 Å². The first-order valence-corrected chi connectivity index (χ1v) is 16.7. The molecule has 8 N–H and O–H groups in total. The normalized spacial score (nSPS) is 37.3. The van der Waals surface area contributed by atoms with Gasteiger partial charge in [0.05, 0.1) is 67.1 Å². The van der Waals surface area contributed by atoms with Crippen molar-refractivity contribution in [2.45, 2.75) is 73.6 Å². The molecule has 18 heteroatoms. The van der Waals surface area contributed by atoms with Gasteiger partial charge in [-0.1, -0.05) is 0 Å². The van der Waals surface area contributed by atoms with Crippen molar-refractivity contribution in [2.24, 2.45) is 11.8 Å². The van der Waals surface area contributed by atoms with Gasteiger partial charge in [0.2, 0.25) is 24.1 Å². The van der Waals surface area contributed by atoms with E-state index in [0.717, 1.165) is 0 Å². The van der Waals surface area contributed by atoms with Gasteiger partial charge in [0, 0.05) is 11.8 Å². The van der Waals surface area contributed by atoms with Crippen LogP contribution in [0.5, 0.6) is 34.5 Å². The summed E-state index contributed by atoms with van der Waals surface area (Å²) in [6.45, 7) is -0.604. The number of hydrogen-bond acceptors (Lipinski definition) is 18. The first-order chi connectivity index (χ1) is 25.0. The van der Waals surface area contributed by atoms with Crippen molar-refractivity contribution in [2.75, 3.05) is 54.9 Å². The second-order valence-corrected chi connectivity index (χ2v) is 13.0. The Morgan fingerprint density at radius 3 is 1.13 bits per heavy atom. The van der Waals surface area contributed by atoms with E-state index in [9.17, 15) is 40.9 Å². The van der Waals surface area contributed by atoms with Crippen molar-refractivity contribution in [1.29, 1.82) is 0 Å². The predicted octanol–water partition coefficient (Wildman–Crippen LogP) is -1.85. The van der Waals surface area contributed by atoms with E-state index in [-0.39, 0.29) is 46.3 Å². The van der Waals surface area contributed by atoms with Crippen LogP contribution in [0.15, 0.2) is 24.3 Å². The Hall–Kier alpha value is -3.24. The van der Waals surface area contributed by atoms with Gasteiger partial charge in [-0.15, -0.1) is 0 Å². The summed E-state index contributed by atoms with van der Waals surface area (Å²) in [6.07, 6.45) is -15.9. The molecule has 4 aliphatic rings. The molecule has 4 fully saturated rings. The van der Waals surface area contributed by atoms with Crippen LogP contribution in [-0.2, 0) is 18.9 Å². The second-order valence-electron chi connectivity index (χ2n) is 13.0. The van der Waals surface area contributed by atoms with E-state index in [1.54, 1.807) is 24.3 Å². The maximum absolute atomic E-state index is 10.5. The van der Waals surface area contributed by atoms with Crippen LogP contribution in [0.2, 0.25) is 0 Å². The summed E-state index contributed by atoms with van der Waals surface area (Å²) in [5, 5.41) is 81.0. The van der Waals surface area contributed by atoms with Crippen LogP contribution in [-0.4, -0.2) is 157 Å². The third-order valence-corrected chi connectivity index (χ3v) is 10.1. The fourth-order valence-electron chi connectivity index (χ4n) is 7.16. The summed E-state index contributed by atoms with van der Waals surface area (Å²) in [5.74, 6) is 0.683. The van der Waals surface area contributed by atoms with Gasteiger partial charge < -0.3 is 88.2 Å². The molecule has 2 aromatic rings. The van der Waals surface area contributed by atoms with Crippen LogP contribution < -0.4 is 28.4 Å². The van der Waals surface area contributed by atoms with Gasteiger partial charge in [-0.3, -0.25) is 0 Å². The SMILES string of the molecule is COc1cc(C2OCC3C(c4cc(OC)c(O[C@@H]5O[C@H](CO)[C@@H](O)C(O)[C@H]5O)c(OC)c4)OCC23)cc(OC)c1O[C@@H]1O[C@H](CO)[C@@H](O)[C@H](O)[C@H]1O. The molecular formula is C34H46O18. The molecule has 14 atom stereocenters. The van der Waals surface area contributed by atoms with Crippen molar-refractivity contribution in [3.63, 3.8) is 0 Å². The lowest BCUT2D eigenvalue weighted by Gasteiger charge is -2.39. The molecule has 18 nitrogen and oxygen atoms in total. The highest BCUT2D eigenvalue weighted by Crippen LogP contribution is 2.54. The average molecular weight is 743 g/mol. The Kier molecular flexibility index (Phi) is 11.8. The Morgan fingerprint density at radius 2 is 0.846 bits per heavy atom. The van der Waals surface area contributed by atoms with E-state index in [1.165, 1.54) is 28.4 Å². The summed E-state index contributed by atoms with van der Waals surface area (Å²) in [5.41, 5.74) is 1.37. The quantitative estimate of drug-likeness (QED) is 0.119. The van der Waals surface area contributed by atoms with Gasteiger partial charge in [0.1, 0.15) is 48.8 Å². The maximum atomic E-state index is 10.5. The van der Waals surface area contributed by atoms with Gasteiger partial charge in [0.15, 0.2) is 23.0 Å². The number of hydrogen-bond donors (Lipinski definition) is 8. The Labute approximate surface area is 298 Å². The summed E-state index contributed by atoms with van der Waals surface area (Å²) in [6, 6.07) is 6.78. The van der Waals surface area contributed by atoms with Crippen LogP contribution in [0.25, 0.3) is 0 Å².